The van der Waals surface area contributed by atoms with Gasteiger partial charge in [0.25, 0.3) is 0 Å². The molecule has 1 aromatic rings. The van der Waals surface area contributed by atoms with Gasteiger partial charge < -0.3 is 15.8 Å². The summed E-state index contributed by atoms with van der Waals surface area (Å²) in [5.74, 6) is 1.17. The van der Waals surface area contributed by atoms with Crippen molar-refractivity contribution in [3.8, 4) is 0 Å². The van der Waals surface area contributed by atoms with E-state index in [9.17, 15) is 4.79 Å². The molecule has 23 heavy (non-hydrogen) atoms. The first-order valence-corrected chi connectivity index (χ1v) is 9.30. The molecule has 1 aromatic carbocycles. The highest BCUT2D eigenvalue weighted by Gasteiger charge is 2.28. The van der Waals surface area contributed by atoms with Crippen LogP contribution in [0.25, 0.3) is 0 Å². The lowest BCUT2D eigenvalue weighted by Gasteiger charge is -2.32. The van der Waals surface area contributed by atoms with Crippen LogP contribution >= 0.6 is 24.2 Å². The Labute approximate surface area is 149 Å². The quantitative estimate of drug-likeness (QED) is 0.786. The molecule has 0 bridgehead atoms. The summed E-state index contributed by atoms with van der Waals surface area (Å²) in [6.45, 7) is 1.42. The van der Waals surface area contributed by atoms with E-state index in [4.69, 9.17) is 10.5 Å². The van der Waals surface area contributed by atoms with Crippen LogP contribution in [0.1, 0.15) is 30.9 Å². The normalized spacial score (nSPS) is 22.0. The highest BCUT2D eigenvalue weighted by Crippen LogP contribution is 2.33. The van der Waals surface area contributed by atoms with E-state index in [1.54, 1.807) is 11.8 Å². The fourth-order valence-corrected chi connectivity index (χ4v) is 3.29. The number of hydrogen-bond acceptors (Lipinski definition) is 4. The molecule has 3 atom stereocenters. The van der Waals surface area contributed by atoms with E-state index in [0.717, 1.165) is 31.6 Å². The summed E-state index contributed by atoms with van der Waals surface area (Å²) in [4.78, 5) is 12.0. The monoisotopic (exact) mass is 358 g/mol. The third-order valence-electron chi connectivity index (χ3n) is 4.08. The zero-order valence-electron chi connectivity index (χ0n) is 13.6. The van der Waals surface area contributed by atoms with Crippen LogP contribution < -0.4 is 11.1 Å². The Morgan fingerprint density at radius 1 is 1.43 bits per heavy atom. The van der Waals surface area contributed by atoms with Crippen LogP contribution in [-0.2, 0) is 9.53 Å². The van der Waals surface area contributed by atoms with E-state index < -0.39 is 6.04 Å². The molecule has 1 aliphatic heterocycles. The van der Waals surface area contributed by atoms with Crippen LogP contribution in [0.2, 0.25) is 0 Å². The number of amides is 1. The van der Waals surface area contributed by atoms with Gasteiger partial charge in [0, 0.05) is 19.1 Å². The minimum Gasteiger partial charge on any atom is -0.373 e. The number of benzene rings is 1. The Balaban J connectivity index is 0.00000264. The average Bonchev–Trinajstić information content (AvgIpc) is 2.58. The highest BCUT2D eigenvalue weighted by atomic mass is 35.5. The number of carbonyl (C=O) groups is 1. The molecule has 130 valence electrons. The van der Waals surface area contributed by atoms with Crippen LogP contribution in [0.5, 0.6) is 0 Å². The summed E-state index contributed by atoms with van der Waals surface area (Å²) in [5.41, 5.74) is 7.10. The van der Waals surface area contributed by atoms with Crippen molar-refractivity contribution in [1.29, 1.82) is 0 Å². The number of rotatable bonds is 7. The SMILES string of the molecule is CSCC[C@H](N)C(=O)NCC1CCCOC1c1ccccc1.Cl. The molecule has 1 aliphatic rings. The maximum Gasteiger partial charge on any atom is 0.236 e. The van der Waals surface area contributed by atoms with E-state index in [0.29, 0.717) is 12.5 Å². The molecule has 0 spiro atoms. The van der Waals surface area contributed by atoms with E-state index >= 15 is 0 Å². The van der Waals surface area contributed by atoms with Gasteiger partial charge in [-0.3, -0.25) is 4.79 Å². The highest BCUT2D eigenvalue weighted by molar-refractivity contribution is 7.98. The molecule has 0 aromatic heterocycles. The molecule has 0 radical (unpaired) electrons. The molecular weight excluding hydrogens is 332 g/mol. The van der Waals surface area contributed by atoms with Crippen molar-refractivity contribution in [2.45, 2.75) is 31.4 Å². The summed E-state index contributed by atoms with van der Waals surface area (Å²) in [6.07, 6.45) is 4.92. The maximum absolute atomic E-state index is 12.0. The van der Waals surface area contributed by atoms with Gasteiger partial charge in [-0.05, 0) is 36.8 Å². The third kappa shape index (κ3) is 6.34. The Hall–Kier alpha value is -0.750. The van der Waals surface area contributed by atoms with Gasteiger partial charge >= 0.3 is 0 Å². The first-order chi connectivity index (χ1) is 10.7. The molecule has 6 heteroatoms. The zero-order chi connectivity index (χ0) is 15.8. The topological polar surface area (TPSA) is 64.4 Å². The van der Waals surface area contributed by atoms with Crippen LogP contribution in [0.3, 0.4) is 0 Å². The van der Waals surface area contributed by atoms with Crippen molar-refractivity contribution in [3.05, 3.63) is 35.9 Å². The third-order valence-corrected chi connectivity index (χ3v) is 4.73. The molecule has 1 heterocycles. The van der Waals surface area contributed by atoms with Gasteiger partial charge in [-0.1, -0.05) is 30.3 Å². The Morgan fingerprint density at radius 2 is 2.17 bits per heavy atom. The van der Waals surface area contributed by atoms with Crippen LogP contribution in [0, 0.1) is 5.92 Å². The van der Waals surface area contributed by atoms with E-state index in [1.807, 2.05) is 24.5 Å². The summed E-state index contributed by atoms with van der Waals surface area (Å²) >= 11 is 1.71. The van der Waals surface area contributed by atoms with Crippen LogP contribution in [0.4, 0.5) is 0 Å². The van der Waals surface area contributed by atoms with Gasteiger partial charge in [-0.15, -0.1) is 12.4 Å². The molecular formula is C17H27ClN2O2S. The summed E-state index contributed by atoms with van der Waals surface area (Å²) in [7, 11) is 0. The number of carbonyl (C=O) groups excluding carboxylic acids is 1. The van der Waals surface area contributed by atoms with Gasteiger partial charge in [0.05, 0.1) is 12.1 Å². The minimum absolute atomic E-state index is 0. The summed E-state index contributed by atoms with van der Waals surface area (Å²) < 4.78 is 5.95. The predicted octanol–water partition coefficient (Wildman–Crippen LogP) is 2.77. The second-order valence-corrected chi connectivity index (χ2v) is 6.72. The molecule has 4 nitrogen and oxygen atoms in total. The van der Waals surface area contributed by atoms with Gasteiger partial charge in [-0.2, -0.15) is 11.8 Å². The Morgan fingerprint density at radius 3 is 2.87 bits per heavy atom. The Kier molecular flexibility index (Phi) is 9.63. The van der Waals surface area contributed by atoms with E-state index in [1.165, 1.54) is 5.56 Å². The lowest BCUT2D eigenvalue weighted by atomic mass is 9.89. The van der Waals surface area contributed by atoms with Crippen LogP contribution in [0.15, 0.2) is 30.3 Å². The number of thioether (sulfide) groups is 1. The van der Waals surface area contributed by atoms with E-state index in [-0.39, 0.29) is 24.4 Å². The predicted molar refractivity (Wildman–Crippen MR) is 99.1 cm³/mol. The number of hydrogen-bond donors (Lipinski definition) is 2. The standard InChI is InChI=1S/C17H26N2O2S.ClH/c1-22-11-9-15(18)17(20)19-12-14-8-5-10-21-16(14)13-6-3-2-4-7-13;/h2-4,6-7,14-16H,5,8-12,18H2,1H3,(H,19,20);1H/t14?,15-,16?;/m0./s1. The zero-order valence-corrected chi connectivity index (χ0v) is 15.2. The largest absolute Gasteiger partial charge is 0.373 e. The number of halogens is 1. The summed E-state index contributed by atoms with van der Waals surface area (Å²) in [5, 5.41) is 3.01. The second kappa shape index (κ2) is 10.9. The molecule has 3 N–H and O–H groups in total. The second-order valence-electron chi connectivity index (χ2n) is 5.74. The molecule has 0 saturated carbocycles. The van der Waals surface area contributed by atoms with Crippen molar-refractivity contribution in [2.75, 3.05) is 25.2 Å². The van der Waals surface area contributed by atoms with Gasteiger partial charge in [-0.25, -0.2) is 0 Å². The van der Waals surface area contributed by atoms with Crippen molar-refractivity contribution < 1.29 is 9.53 Å². The van der Waals surface area contributed by atoms with E-state index in [2.05, 4.69) is 17.4 Å². The number of ether oxygens (including phenoxy) is 1. The number of nitrogens with two attached hydrogens (primary N) is 1. The van der Waals surface area contributed by atoms with Gasteiger partial charge in [0.2, 0.25) is 5.91 Å². The molecule has 2 unspecified atom stereocenters. The van der Waals surface area contributed by atoms with Crippen molar-refractivity contribution >= 4 is 30.1 Å². The lowest BCUT2D eigenvalue weighted by Crippen LogP contribution is -2.44. The first-order valence-electron chi connectivity index (χ1n) is 7.91. The molecule has 1 amide bonds. The average molecular weight is 359 g/mol. The Bertz CT molecular complexity index is 461. The van der Waals surface area contributed by atoms with Crippen molar-refractivity contribution in [1.82, 2.24) is 5.32 Å². The molecule has 1 saturated heterocycles. The molecule has 0 aliphatic carbocycles. The molecule has 1 fully saturated rings. The molecule has 2 rings (SSSR count). The smallest absolute Gasteiger partial charge is 0.236 e. The fraction of sp³-hybridized carbons (Fsp3) is 0.588. The van der Waals surface area contributed by atoms with Crippen LogP contribution in [-0.4, -0.2) is 37.1 Å². The first kappa shape index (κ1) is 20.3. The minimum atomic E-state index is -0.410. The maximum atomic E-state index is 12.0. The number of nitrogens with one attached hydrogen (secondary N) is 1. The van der Waals surface area contributed by atoms with Gasteiger partial charge in [0.15, 0.2) is 0 Å². The lowest BCUT2D eigenvalue weighted by molar-refractivity contribution is -0.123. The fourth-order valence-electron chi connectivity index (χ4n) is 2.80. The summed E-state index contributed by atoms with van der Waals surface area (Å²) in [6, 6.07) is 9.84. The van der Waals surface area contributed by atoms with Crippen molar-refractivity contribution in [3.63, 3.8) is 0 Å². The van der Waals surface area contributed by atoms with Crippen molar-refractivity contribution in [2.24, 2.45) is 11.7 Å². The van der Waals surface area contributed by atoms with Gasteiger partial charge in [0.1, 0.15) is 0 Å².